The number of halogens is 1. The van der Waals surface area contributed by atoms with Crippen molar-refractivity contribution in [2.45, 2.75) is 19.4 Å². The second kappa shape index (κ2) is 5.75. The molecule has 1 saturated heterocycles. The van der Waals surface area contributed by atoms with E-state index in [-0.39, 0.29) is 13.3 Å². The highest BCUT2D eigenvalue weighted by Crippen LogP contribution is 2.25. The van der Waals surface area contributed by atoms with Crippen molar-refractivity contribution < 1.29 is 9.50 Å². The van der Waals surface area contributed by atoms with Crippen LogP contribution < -0.4 is 0 Å². The smallest absolute Gasteiger partial charge is 0.0906 e. The van der Waals surface area contributed by atoms with E-state index >= 15 is 0 Å². The van der Waals surface area contributed by atoms with Gasteiger partial charge in [-0.1, -0.05) is 0 Å². The van der Waals surface area contributed by atoms with Gasteiger partial charge in [-0.15, -0.1) is 11.3 Å². The summed E-state index contributed by atoms with van der Waals surface area (Å²) in [7, 11) is 0. The van der Waals surface area contributed by atoms with Crippen LogP contribution in [-0.4, -0.2) is 36.3 Å². The second-order valence-corrected chi connectivity index (χ2v) is 5.65. The molecule has 0 spiro atoms. The van der Waals surface area contributed by atoms with E-state index in [1.807, 2.05) is 6.07 Å². The number of hydrogen-bond donors (Lipinski definition) is 1. The van der Waals surface area contributed by atoms with Crippen LogP contribution in [0.1, 0.15) is 16.2 Å². The van der Waals surface area contributed by atoms with E-state index in [9.17, 15) is 4.39 Å². The summed E-state index contributed by atoms with van der Waals surface area (Å²) >= 11 is 1.70. The molecule has 1 fully saturated rings. The zero-order valence-electron chi connectivity index (χ0n) is 9.36. The minimum atomic E-state index is -0.202. The molecule has 2 rings (SSSR count). The molecule has 0 bridgehead atoms. The molecule has 16 heavy (non-hydrogen) atoms. The number of aliphatic hydroxyl groups excluding tert-OH is 1. The Kier molecular flexibility index (Phi) is 4.32. The van der Waals surface area contributed by atoms with Crippen LogP contribution in [0.15, 0.2) is 12.1 Å². The highest BCUT2D eigenvalue weighted by molar-refractivity contribution is 7.11. The number of thiophene rings is 1. The molecule has 0 atom stereocenters. The number of hydrogen-bond acceptors (Lipinski definition) is 3. The Labute approximate surface area is 99.7 Å². The first-order valence-corrected chi connectivity index (χ1v) is 6.60. The van der Waals surface area contributed by atoms with Gasteiger partial charge in [-0.05, 0) is 30.9 Å². The zero-order valence-corrected chi connectivity index (χ0v) is 10.2. The molecule has 0 amide bonds. The number of rotatable bonds is 6. The van der Waals surface area contributed by atoms with Gasteiger partial charge in [0.1, 0.15) is 0 Å². The molecule has 2 heterocycles. The van der Waals surface area contributed by atoms with Gasteiger partial charge >= 0.3 is 0 Å². The summed E-state index contributed by atoms with van der Waals surface area (Å²) in [6.07, 6.45) is 1.77. The molecule has 90 valence electrons. The Morgan fingerprint density at radius 2 is 2.12 bits per heavy atom. The highest BCUT2D eigenvalue weighted by atomic mass is 32.1. The van der Waals surface area contributed by atoms with E-state index in [4.69, 9.17) is 5.11 Å². The first-order valence-electron chi connectivity index (χ1n) is 5.78. The Hall–Kier alpha value is -0.450. The van der Waals surface area contributed by atoms with Crippen molar-refractivity contribution in [1.82, 2.24) is 4.90 Å². The number of alkyl halides is 1. The molecule has 0 aromatic carbocycles. The molecule has 1 aromatic rings. The van der Waals surface area contributed by atoms with Crippen molar-refractivity contribution in [1.29, 1.82) is 0 Å². The maximum absolute atomic E-state index is 12.0. The molecule has 1 aliphatic heterocycles. The maximum Gasteiger partial charge on any atom is 0.0906 e. The lowest BCUT2D eigenvalue weighted by atomic mass is 9.95. The third-order valence-electron chi connectivity index (χ3n) is 3.00. The van der Waals surface area contributed by atoms with Crippen LogP contribution in [-0.2, 0) is 13.0 Å². The van der Waals surface area contributed by atoms with Crippen molar-refractivity contribution in [2.24, 2.45) is 5.92 Å². The number of likely N-dealkylation sites (tertiary alicyclic amines) is 1. The summed E-state index contributed by atoms with van der Waals surface area (Å²) in [6, 6.07) is 4.11. The van der Waals surface area contributed by atoms with E-state index in [2.05, 4.69) is 11.0 Å². The Bertz CT molecular complexity index is 323. The van der Waals surface area contributed by atoms with E-state index in [0.717, 1.165) is 36.9 Å². The molecule has 0 aliphatic carbocycles. The van der Waals surface area contributed by atoms with Crippen molar-refractivity contribution in [3.05, 3.63) is 21.9 Å². The van der Waals surface area contributed by atoms with Crippen LogP contribution in [0.4, 0.5) is 4.39 Å². The largest absolute Gasteiger partial charge is 0.391 e. The maximum atomic E-state index is 12.0. The van der Waals surface area contributed by atoms with Crippen molar-refractivity contribution in [3.63, 3.8) is 0 Å². The third kappa shape index (κ3) is 3.03. The molecule has 0 radical (unpaired) electrons. The lowest BCUT2D eigenvalue weighted by Crippen LogP contribution is -2.47. The molecular weight excluding hydrogens is 225 g/mol. The van der Waals surface area contributed by atoms with Gasteiger partial charge in [-0.3, -0.25) is 4.39 Å². The molecule has 4 heteroatoms. The summed E-state index contributed by atoms with van der Waals surface area (Å²) in [6.45, 7) is 3.06. The van der Waals surface area contributed by atoms with Crippen LogP contribution in [0, 0.1) is 5.92 Å². The predicted molar refractivity (Wildman–Crippen MR) is 64.5 cm³/mol. The fourth-order valence-electron chi connectivity index (χ4n) is 2.17. The van der Waals surface area contributed by atoms with Gasteiger partial charge in [-0.2, -0.15) is 0 Å². The third-order valence-corrected chi connectivity index (χ3v) is 4.10. The normalized spacial score (nSPS) is 17.6. The van der Waals surface area contributed by atoms with Crippen molar-refractivity contribution >= 4 is 11.3 Å². The SMILES string of the molecule is OCc1ccc(CC2CN(CCCF)C2)s1. The quantitative estimate of drug-likeness (QED) is 0.827. The van der Waals surface area contributed by atoms with E-state index < -0.39 is 0 Å². The van der Waals surface area contributed by atoms with E-state index in [1.165, 1.54) is 4.88 Å². The molecule has 0 saturated carbocycles. The van der Waals surface area contributed by atoms with Crippen LogP contribution in [0.25, 0.3) is 0 Å². The van der Waals surface area contributed by atoms with Crippen LogP contribution in [0.3, 0.4) is 0 Å². The van der Waals surface area contributed by atoms with Crippen LogP contribution >= 0.6 is 11.3 Å². The molecular formula is C12H18FNOS. The van der Waals surface area contributed by atoms with Gasteiger partial charge in [0.05, 0.1) is 13.3 Å². The van der Waals surface area contributed by atoms with Crippen LogP contribution in [0.5, 0.6) is 0 Å². The van der Waals surface area contributed by atoms with E-state index in [1.54, 1.807) is 11.3 Å². The first-order chi connectivity index (χ1) is 7.81. The molecule has 1 N–H and O–H groups in total. The molecule has 2 nitrogen and oxygen atoms in total. The Balaban J connectivity index is 1.69. The van der Waals surface area contributed by atoms with Gasteiger partial charge in [0.15, 0.2) is 0 Å². The Morgan fingerprint density at radius 1 is 1.38 bits per heavy atom. The van der Waals surface area contributed by atoms with Gasteiger partial charge in [0.25, 0.3) is 0 Å². The van der Waals surface area contributed by atoms with Gasteiger partial charge < -0.3 is 10.0 Å². The fourth-order valence-corrected chi connectivity index (χ4v) is 3.17. The topological polar surface area (TPSA) is 23.5 Å². The van der Waals surface area contributed by atoms with Gasteiger partial charge in [0, 0.05) is 29.4 Å². The van der Waals surface area contributed by atoms with Crippen molar-refractivity contribution in [3.8, 4) is 0 Å². The first kappa shape index (κ1) is 12.0. The van der Waals surface area contributed by atoms with E-state index in [0.29, 0.717) is 6.42 Å². The molecule has 0 unspecified atom stereocenters. The summed E-state index contributed by atoms with van der Waals surface area (Å²) in [5.74, 6) is 0.727. The lowest BCUT2D eigenvalue weighted by Gasteiger charge is -2.39. The summed E-state index contributed by atoms with van der Waals surface area (Å²) in [5, 5.41) is 8.96. The molecule has 1 aromatic heterocycles. The highest BCUT2D eigenvalue weighted by Gasteiger charge is 2.26. The monoisotopic (exact) mass is 243 g/mol. The van der Waals surface area contributed by atoms with Crippen molar-refractivity contribution in [2.75, 3.05) is 26.3 Å². The second-order valence-electron chi connectivity index (χ2n) is 4.40. The molecule has 1 aliphatic rings. The minimum absolute atomic E-state index is 0.151. The number of nitrogens with zero attached hydrogens (tertiary/aromatic N) is 1. The average Bonchev–Trinajstić information content (AvgIpc) is 2.69. The minimum Gasteiger partial charge on any atom is -0.391 e. The van der Waals surface area contributed by atoms with Crippen LogP contribution in [0.2, 0.25) is 0 Å². The van der Waals surface area contributed by atoms with Gasteiger partial charge in [-0.25, -0.2) is 0 Å². The lowest BCUT2D eigenvalue weighted by molar-refractivity contribution is 0.0973. The summed E-state index contributed by atoms with van der Waals surface area (Å²) in [4.78, 5) is 4.72. The van der Waals surface area contributed by atoms with Gasteiger partial charge in [0.2, 0.25) is 0 Å². The summed E-state index contributed by atoms with van der Waals surface area (Å²) in [5.41, 5.74) is 0. The summed E-state index contributed by atoms with van der Waals surface area (Å²) < 4.78 is 12.0. The average molecular weight is 243 g/mol. The fraction of sp³-hybridized carbons (Fsp3) is 0.667. The Morgan fingerprint density at radius 3 is 2.75 bits per heavy atom. The number of aliphatic hydroxyl groups is 1. The predicted octanol–water partition coefficient (Wildman–Crippen LogP) is 2.07. The standard InChI is InChI=1S/C12H18FNOS/c13-4-1-5-14-7-10(8-14)6-11-2-3-12(9-15)16-11/h2-3,10,15H,1,4-9H2. The zero-order chi connectivity index (χ0) is 11.4.